The van der Waals surface area contributed by atoms with Gasteiger partial charge in [-0.05, 0) is 61.2 Å². The van der Waals surface area contributed by atoms with Gasteiger partial charge in [-0.25, -0.2) is 0 Å². The minimum Gasteiger partial charge on any atom is -0.497 e. The maximum atomic E-state index is 13.2. The van der Waals surface area contributed by atoms with Gasteiger partial charge < -0.3 is 9.47 Å². The summed E-state index contributed by atoms with van der Waals surface area (Å²) in [5, 5.41) is 0.814. The van der Waals surface area contributed by atoms with E-state index >= 15 is 0 Å². The zero-order valence-electron chi connectivity index (χ0n) is 18.6. The fourth-order valence-electron chi connectivity index (χ4n) is 4.48. The van der Waals surface area contributed by atoms with Crippen molar-refractivity contribution in [2.45, 2.75) is 19.3 Å². The molecule has 0 radical (unpaired) electrons. The molecule has 33 heavy (non-hydrogen) atoms. The van der Waals surface area contributed by atoms with Crippen molar-refractivity contribution in [3.8, 4) is 11.5 Å². The van der Waals surface area contributed by atoms with Crippen molar-refractivity contribution in [2.75, 3.05) is 32.2 Å². The number of thiophene rings is 1. The number of ketones is 1. The predicted octanol–water partition coefficient (Wildman–Crippen LogP) is 4.32. The topological polar surface area (TPSA) is 68.2 Å². The second kappa shape index (κ2) is 8.83. The number of anilines is 1. The van der Waals surface area contributed by atoms with Gasteiger partial charge in [0.1, 0.15) is 23.0 Å². The number of methoxy groups -OCH3 is 2. The van der Waals surface area contributed by atoms with Crippen LogP contribution in [0.5, 0.6) is 11.5 Å². The summed E-state index contributed by atoms with van der Waals surface area (Å²) in [5.74, 6) is 1.11. The number of hydrogen-bond donors (Lipinski definition) is 0. The molecule has 6 nitrogen and oxygen atoms in total. The molecule has 1 aliphatic carbocycles. The molecule has 0 bridgehead atoms. The van der Waals surface area contributed by atoms with E-state index in [1.807, 2.05) is 24.3 Å². The highest BCUT2D eigenvalue weighted by molar-refractivity contribution is 7.17. The van der Waals surface area contributed by atoms with Gasteiger partial charge in [-0.3, -0.25) is 19.5 Å². The van der Waals surface area contributed by atoms with Crippen LogP contribution in [-0.2, 0) is 17.6 Å². The van der Waals surface area contributed by atoms with Crippen molar-refractivity contribution < 1.29 is 19.1 Å². The van der Waals surface area contributed by atoms with Gasteiger partial charge in [0.15, 0.2) is 5.78 Å². The molecule has 2 aliphatic rings. The van der Waals surface area contributed by atoms with Crippen molar-refractivity contribution in [3.05, 3.63) is 75.7 Å². The molecule has 1 amide bonds. The Morgan fingerprint density at radius 1 is 1.06 bits per heavy atom. The molecule has 0 saturated carbocycles. The Hall–Kier alpha value is -3.45. The molecule has 2 heterocycles. The number of amides is 1. The molecule has 5 rings (SSSR count). The van der Waals surface area contributed by atoms with Crippen LogP contribution in [-0.4, -0.2) is 44.7 Å². The van der Waals surface area contributed by atoms with Crippen LogP contribution >= 0.6 is 11.3 Å². The number of aliphatic imine (C=N–C) groups is 1. The lowest BCUT2D eigenvalue weighted by molar-refractivity contribution is -0.117. The first kappa shape index (κ1) is 21.4. The first-order valence-electron chi connectivity index (χ1n) is 10.9. The SMILES string of the molecule is COc1ccc(C(=O)CN2C(=O)CN=C(c3ccccc3OC)c3c2sc2c3CCC2)cc1. The molecule has 2 aromatic carbocycles. The largest absolute Gasteiger partial charge is 0.497 e. The Kier molecular flexibility index (Phi) is 5.72. The number of nitrogens with zero attached hydrogens (tertiary/aromatic N) is 2. The molecule has 0 N–H and O–H groups in total. The van der Waals surface area contributed by atoms with Crippen LogP contribution in [0.3, 0.4) is 0 Å². The van der Waals surface area contributed by atoms with Crippen molar-refractivity contribution in [1.82, 2.24) is 0 Å². The summed E-state index contributed by atoms with van der Waals surface area (Å²) in [7, 11) is 3.23. The van der Waals surface area contributed by atoms with E-state index in [4.69, 9.17) is 14.5 Å². The number of rotatable bonds is 6. The maximum Gasteiger partial charge on any atom is 0.249 e. The Bertz CT molecular complexity index is 1260. The summed E-state index contributed by atoms with van der Waals surface area (Å²) >= 11 is 1.62. The molecule has 1 aromatic heterocycles. The fraction of sp³-hybridized carbons (Fsp3) is 0.269. The third-order valence-electron chi connectivity index (χ3n) is 6.13. The lowest BCUT2D eigenvalue weighted by atomic mass is 9.98. The van der Waals surface area contributed by atoms with E-state index in [1.54, 1.807) is 54.7 Å². The zero-order valence-corrected chi connectivity index (χ0v) is 19.4. The Labute approximate surface area is 196 Å². The van der Waals surface area contributed by atoms with Crippen LogP contribution in [0, 0.1) is 0 Å². The number of ether oxygens (including phenoxy) is 2. The van der Waals surface area contributed by atoms with E-state index in [-0.39, 0.29) is 24.8 Å². The molecular formula is C26H24N2O4S. The number of carbonyl (C=O) groups excluding carboxylic acids is 2. The third-order valence-corrected chi connectivity index (χ3v) is 7.45. The van der Waals surface area contributed by atoms with Gasteiger partial charge in [0.2, 0.25) is 5.91 Å². The first-order chi connectivity index (χ1) is 16.1. The number of carbonyl (C=O) groups is 2. The Morgan fingerprint density at radius 3 is 2.61 bits per heavy atom. The maximum absolute atomic E-state index is 13.2. The molecule has 0 atom stereocenters. The minimum absolute atomic E-state index is 0.0144. The monoisotopic (exact) mass is 460 g/mol. The number of hydrogen-bond acceptors (Lipinski definition) is 6. The van der Waals surface area contributed by atoms with Crippen LogP contribution < -0.4 is 14.4 Å². The summed E-state index contributed by atoms with van der Waals surface area (Å²) in [6, 6.07) is 14.7. The number of aryl methyl sites for hydroxylation is 1. The predicted molar refractivity (Wildman–Crippen MR) is 130 cm³/mol. The molecule has 168 valence electrons. The van der Waals surface area contributed by atoms with Gasteiger partial charge in [0.25, 0.3) is 0 Å². The summed E-state index contributed by atoms with van der Waals surface area (Å²) in [6.07, 6.45) is 3.02. The standard InChI is InChI=1S/C26H24N2O4S/c1-31-17-12-10-16(11-13-17)20(29)15-28-23(30)14-27-25(18-6-3-4-8-21(18)32-2)24-19-7-5-9-22(19)33-26(24)28/h3-4,6,8,10-13H,5,7,9,14-15H2,1-2H3. The average Bonchev–Trinajstić information content (AvgIpc) is 3.41. The molecule has 3 aromatic rings. The highest BCUT2D eigenvalue weighted by atomic mass is 32.1. The summed E-state index contributed by atoms with van der Waals surface area (Å²) in [5.41, 5.74) is 4.41. The molecule has 0 fully saturated rings. The van der Waals surface area contributed by atoms with E-state index < -0.39 is 0 Å². The van der Waals surface area contributed by atoms with Crippen LogP contribution in [0.1, 0.15) is 38.3 Å². The van der Waals surface area contributed by atoms with Crippen LogP contribution in [0.2, 0.25) is 0 Å². The third kappa shape index (κ3) is 3.82. The lowest BCUT2D eigenvalue weighted by Crippen LogP contribution is -2.36. The van der Waals surface area contributed by atoms with Crippen molar-refractivity contribution >= 4 is 33.7 Å². The van der Waals surface area contributed by atoms with E-state index in [1.165, 1.54) is 10.4 Å². The zero-order chi connectivity index (χ0) is 22.9. The average molecular weight is 461 g/mol. The summed E-state index contributed by atoms with van der Waals surface area (Å²) in [6.45, 7) is -0.0360. The van der Waals surface area contributed by atoms with Gasteiger partial charge in [0.05, 0.1) is 26.5 Å². The van der Waals surface area contributed by atoms with Crippen LogP contribution in [0.4, 0.5) is 5.00 Å². The summed E-state index contributed by atoms with van der Waals surface area (Å²) in [4.78, 5) is 34.0. The van der Waals surface area contributed by atoms with Crippen molar-refractivity contribution in [2.24, 2.45) is 4.99 Å². The smallest absolute Gasteiger partial charge is 0.249 e. The van der Waals surface area contributed by atoms with Gasteiger partial charge in [-0.2, -0.15) is 0 Å². The van der Waals surface area contributed by atoms with Gasteiger partial charge in [0, 0.05) is 21.6 Å². The first-order valence-corrected chi connectivity index (χ1v) is 11.7. The van der Waals surface area contributed by atoms with Gasteiger partial charge >= 0.3 is 0 Å². The minimum atomic E-state index is -0.178. The normalized spacial score (nSPS) is 14.9. The van der Waals surface area contributed by atoms with Gasteiger partial charge in [-0.1, -0.05) is 12.1 Å². The molecule has 7 heteroatoms. The molecule has 0 spiro atoms. The van der Waals surface area contributed by atoms with Crippen LogP contribution in [0.15, 0.2) is 53.5 Å². The molecule has 0 unspecified atom stereocenters. The molecular weight excluding hydrogens is 436 g/mol. The van der Waals surface area contributed by atoms with E-state index in [0.29, 0.717) is 11.3 Å². The molecule has 0 saturated heterocycles. The number of Topliss-reactive ketones (excluding diaryl/α,β-unsaturated/α-hetero) is 1. The summed E-state index contributed by atoms with van der Waals surface area (Å²) < 4.78 is 10.8. The van der Waals surface area contributed by atoms with E-state index in [0.717, 1.165) is 46.9 Å². The number of benzene rings is 2. The quantitative estimate of drug-likeness (QED) is 0.514. The number of para-hydroxylation sites is 1. The second-order valence-electron chi connectivity index (χ2n) is 8.03. The van der Waals surface area contributed by atoms with Crippen LogP contribution in [0.25, 0.3) is 0 Å². The number of fused-ring (bicyclic) bond motifs is 3. The Balaban J connectivity index is 1.57. The fourth-order valence-corrected chi connectivity index (χ4v) is 5.89. The second-order valence-corrected chi connectivity index (χ2v) is 9.12. The Morgan fingerprint density at radius 2 is 1.85 bits per heavy atom. The van der Waals surface area contributed by atoms with E-state index in [2.05, 4.69) is 0 Å². The highest BCUT2D eigenvalue weighted by Gasteiger charge is 2.34. The van der Waals surface area contributed by atoms with Crippen molar-refractivity contribution in [3.63, 3.8) is 0 Å². The highest BCUT2D eigenvalue weighted by Crippen LogP contribution is 2.44. The molecule has 1 aliphatic heterocycles. The van der Waals surface area contributed by atoms with E-state index in [9.17, 15) is 9.59 Å². The van der Waals surface area contributed by atoms with Gasteiger partial charge in [-0.15, -0.1) is 11.3 Å². The van der Waals surface area contributed by atoms with Crippen molar-refractivity contribution in [1.29, 1.82) is 0 Å². The lowest BCUT2D eigenvalue weighted by Gasteiger charge is -2.20.